The Kier molecular flexibility index (Phi) is 4.35. The number of nitrogens with two attached hydrogens (primary N) is 1. The summed E-state index contributed by atoms with van der Waals surface area (Å²) in [4.78, 5) is 0. The fourth-order valence-electron chi connectivity index (χ4n) is 1.82. The first-order valence-electron chi connectivity index (χ1n) is 5.59. The summed E-state index contributed by atoms with van der Waals surface area (Å²) in [6, 6.07) is 0.381. The summed E-state index contributed by atoms with van der Waals surface area (Å²) < 4.78 is 5.56. The van der Waals surface area contributed by atoms with Crippen molar-refractivity contribution in [2.45, 2.75) is 45.8 Å². The van der Waals surface area contributed by atoms with Crippen molar-refractivity contribution < 1.29 is 4.74 Å². The summed E-state index contributed by atoms with van der Waals surface area (Å²) in [5.41, 5.74) is 5.97. The van der Waals surface area contributed by atoms with Crippen molar-refractivity contribution in [3.8, 4) is 0 Å². The van der Waals surface area contributed by atoms with Crippen LogP contribution in [0.4, 0.5) is 0 Å². The average Bonchev–Trinajstić information content (AvgIpc) is 2.55. The van der Waals surface area contributed by atoms with E-state index in [4.69, 9.17) is 10.5 Å². The molecule has 0 aliphatic carbocycles. The van der Waals surface area contributed by atoms with Crippen molar-refractivity contribution in [2.75, 3.05) is 19.7 Å². The van der Waals surface area contributed by atoms with E-state index in [0.29, 0.717) is 18.7 Å². The third-order valence-electron chi connectivity index (χ3n) is 2.90. The molecule has 2 unspecified atom stereocenters. The van der Waals surface area contributed by atoms with Crippen molar-refractivity contribution in [1.29, 1.82) is 0 Å². The molecule has 3 heteroatoms. The Balaban J connectivity index is 2.26. The van der Waals surface area contributed by atoms with Crippen LogP contribution in [0.5, 0.6) is 0 Å². The average molecular weight is 200 g/mol. The van der Waals surface area contributed by atoms with Crippen LogP contribution in [0.15, 0.2) is 0 Å². The van der Waals surface area contributed by atoms with Gasteiger partial charge < -0.3 is 15.8 Å². The smallest absolute Gasteiger partial charge is 0.0700 e. The van der Waals surface area contributed by atoms with Crippen LogP contribution in [-0.4, -0.2) is 31.8 Å². The van der Waals surface area contributed by atoms with Gasteiger partial charge in [-0.1, -0.05) is 20.8 Å². The summed E-state index contributed by atoms with van der Waals surface area (Å²) in [5, 5.41) is 3.50. The molecule has 3 nitrogen and oxygen atoms in total. The number of hydrogen-bond donors (Lipinski definition) is 2. The summed E-state index contributed by atoms with van der Waals surface area (Å²) in [6.45, 7) is 9.21. The molecule has 0 saturated carbocycles. The van der Waals surface area contributed by atoms with E-state index in [-0.39, 0.29) is 5.41 Å². The highest BCUT2D eigenvalue weighted by molar-refractivity contribution is 4.82. The lowest BCUT2D eigenvalue weighted by atomic mass is 9.86. The Labute approximate surface area is 87.4 Å². The molecule has 0 radical (unpaired) electrons. The largest absolute Gasteiger partial charge is 0.377 e. The molecule has 0 aromatic rings. The Morgan fingerprint density at radius 3 is 2.64 bits per heavy atom. The molecule has 1 aliphatic heterocycles. The zero-order valence-corrected chi connectivity index (χ0v) is 9.68. The first kappa shape index (κ1) is 12.0. The van der Waals surface area contributed by atoms with E-state index in [0.717, 1.165) is 13.2 Å². The second kappa shape index (κ2) is 5.10. The van der Waals surface area contributed by atoms with Crippen LogP contribution in [0.25, 0.3) is 0 Å². The zero-order valence-electron chi connectivity index (χ0n) is 9.68. The van der Waals surface area contributed by atoms with Crippen LogP contribution in [0.1, 0.15) is 33.6 Å². The SMILES string of the molecule is CC(C)(C)C(CN)NCC1CCCO1. The molecule has 1 saturated heterocycles. The maximum absolute atomic E-state index is 5.74. The van der Waals surface area contributed by atoms with Crippen molar-refractivity contribution in [3.63, 3.8) is 0 Å². The molecule has 1 heterocycles. The summed E-state index contributed by atoms with van der Waals surface area (Å²) in [5.74, 6) is 0. The number of nitrogens with one attached hydrogen (secondary N) is 1. The van der Waals surface area contributed by atoms with E-state index in [1.807, 2.05) is 0 Å². The number of ether oxygens (including phenoxy) is 1. The lowest BCUT2D eigenvalue weighted by molar-refractivity contribution is 0.102. The van der Waals surface area contributed by atoms with Crippen molar-refractivity contribution in [2.24, 2.45) is 11.1 Å². The van der Waals surface area contributed by atoms with Gasteiger partial charge in [-0.3, -0.25) is 0 Å². The number of hydrogen-bond acceptors (Lipinski definition) is 3. The summed E-state index contributed by atoms with van der Waals surface area (Å²) in [7, 11) is 0. The fraction of sp³-hybridized carbons (Fsp3) is 1.00. The van der Waals surface area contributed by atoms with E-state index in [9.17, 15) is 0 Å². The predicted molar refractivity (Wildman–Crippen MR) is 59.3 cm³/mol. The van der Waals surface area contributed by atoms with E-state index in [2.05, 4.69) is 26.1 Å². The highest BCUT2D eigenvalue weighted by Crippen LogP contribution is 2.19. The van der Waals surface area contributed by atoms with Gasteiger partial charge in [0, 0.05) is 25.7 Å². The molecule has 2 atom stereocenters. The lowest BCUT2D eigenvalue weighted by Crippen LogP contribution is -2.48. The Morgan fingerprint density at radius 2 is 2.21 bits per heavy atom. The minimum absolute atomic E-state index is 0.230. The fourth-order valence-corrected chi connectivity index (χ4v) is 1.82. The first-order valence-corrected chi connectivity index (χ1v) is 5.59. The molecule has 0 aromatic heterocycles. The van der Waals surface area contributed by atoms with Gasteiger partial charge in [0.1, 0.15) is 0 Å². The molecule has 0 amide bonds. The minimum Gasteiger partial charge on any atom is -0.377 e. The van der Waals surface area contributed by atoms with Gasteiger partial charge in [-0.25, -0.2) is 0 Å². The van der Waals surface area contributed by atoms with Gasteiger partial charge in [0.15, 0.2) is 0 Å². The van der Waals surface area contributed by atoms with Gasteiger partial charge in [0.25, 0.3) is 0 Å². The predicted octanol–water partition coefficient (Wildman–Crippen LogP) is 1.13. The molecule has 3 N–H and O–H groups in total. The van der Waals surface area contributed by atoms with Crippen LogP contribution in [-0.2, 0) is 4.74 Å². The topological polar surface area (TPSA) is 47.3 Å². The first-order chi connectivity index (χ1) is 6.54. The molecule has 1 aliphatic rings. The monoisotopic (exact) mass is 200 g/mol. The van der Waals surface area contributed by atoms with Gasteiger partial charge in [-0.15, -0.1) is 0 Å². The highest BCUT2D eigenvalue weighted by Gasteiger charge is 2.24. The van der Waals surface area contributed by atoms with Crippen LogP contribution in [0.3, 0.4) is 0 Å². The lowest BCUT2D eigenvalue weighted by Gasteiger charge is -2.31. The van der Waals surface area contributed by atoms with Crippen LogP contribution >= 0.6 is 0 Å². The molecule has 0 bridgehead atoms. The molecule has 14 heavy (non-hydrogen) atoms. The van der Waals surface area contributed by atoms with Crippen molar-refractivity contribution >= 4 is 0 Å². The normalized spacial score (nSPS) is 25.3. The maximum atomic E-state index is 5.74. The van der Waals surface area contributed by atoms with Crippen LogP contribution in [0.2, 0.25) is 0 Å². The molecule has 0 spiro atoms. The standard InChI is InChI=1S/C11H24N2O/c1-11(2,3)10(7-12)13-8-9-5-4-6-14-9/h9-10,13H,4-8,12H2,1-3H3. The van der Waals surface area contributed by atoms with Gasteiger partial charge in [0.05, 0.1) is 6.10 Å². The van der Waals surface area contributed by atoms with Crippen molar-refractivity contribution in [3.05, 3.63) is 0 Å². The number of rotatable bonds is 4. The van der Waals surface area contributed by atoms with Gasteiger partial charge in [-0.2, -0.15) is 0 Å². The van der Waals surface area contributed by atoms with E-state index >= 15 is 0 Å². The molecular weight excluding hydrogens is 176 g/mol. The summed E-state index contributed by atoms with van der Waals surface area (Å²) >= 11 is 0. The van der Waals surface area contributed by atoms with Crippen molar-refractivity contribution in [1.82, 2.24) is 5.32 Å². The van der Waals surface area contributed by atoms with Gasteiger partial charge >= 0.3 is 0 Å². The van der Waals surface area contributed by atoms with E-state index in [1.165, 1.54) is 12.8 Å². The highest BCUT2D eigenvalue weighted by atomic mass is 16.5. The van der Waals surface area contributed by atoms with Gasteiger partial charge in [0.2, 0.25) is 0 Å². The molecule has 1 rings (SSSR count). The molecular formula is C11H24N2O. The maximum Gasteiger partial charge on any atom is 0.0700 e. The second-order valence-electron chi connectivity index (χ2n) is 5.20. The van der Waals surface area contributed by atoms with E-state index in [1.54, 1.807) is 0 Å². The van der Waals surface area contributed by atoms with Crippen LogP contribution < -0.4 is 11.1 Å². The third-order valence-corrected chi connectivity index (χ3v) is 2.90. The quantitative estimate of drug-likeness (QED) is 0.715. The zero-order chi connectivity index (χ0) is 10.6. The minimum atomic E-state index is 0.230. The Morgan fingerprint density at radius 1 is 1.50 bits per heavy atom. The second-order valence-corrected chi connectivity index (χ2v) is 5.20. The van der Waals surface area contributed by atoms with E-state index < -0.39 is 0 Å². The molecule has 0 aromatic carbocycles. The molecule has 1 fully saturated rings. The molecule has 84 valence electrons. The van der Waals surface area contributed by atoms with Crippen LogP contribution in [0, 0.1) is 5.41 Å². The Bertz CT molecular complexity index is 159. The van der Waals surface area contributed by atoms with Gasteiger partial charge in [-0.05, 0) is 18.3 Å². The Hall–Kier alpha value is -0.120. The third kappa shape index (κ3) is 3.56. The summed E-state index contributed by atoms with van der Waals surface area (Å²) in [6.07, 6.45) is 2.80.